The standard InChI is InChI=1S/C9H7ClS/c1-6-2-3-8-7(9(6)10)4-5-11-8/h2-5H,1H3. The highest BCUT2D eigenvalue weighted by Crippen LogP contribution is 2.30. The lowest BCUT2D eigenvalue weighted by Gasteiger charge is -1.97. The van der Waals surface area contributed by atoms with E-state index < -0.39 is 0 Å². The highest BCUT2D eigenvalue weighted by atomic mass is 35.5. The lowest BCUT2D eigenvalue weighted by Crippen LogP contribution is -1.72. The minimum atomic E-state index is 0.892. The monoisotopic (exact) mass is 182 g/mol. The number of hydrogen-bond donors (Lipinski definition) is 0. The number of rotatable bonds is 0. The predicted molar refractivity (Wildman–Crippen MR) is 51.6 cm³/mol. The first-order valence-corrected chi connectivity index (χ1v) is 4.67. The van der Waals surface area contributed by atoms with Crippen LogP contribution in [-0.4, -0.2) is 0 Å². The van der Waals surface area contributed by atoms with Gasteiger partial charge < -0.3 is 0 Å². The summed E-state index contributed by atoms with van der Waals surface area (Å²) >= 11 is 7.80. The summed E-state index contributed by atoms with van der Waals surface area (Å²) in [5, 5.41) is 4.14. The Morgan fingerprint density at radius 2 is 2.09 bits per heavy atom. The number of halogens is 1. The number of hydrogen-bond acceptors (Lipinski definition) is 1. The molecule has 0 nitrogen and oxygen atoms in total. The van der Waals surface area contributed by atoms with Gasteiger partial charge in [-0.2, -0.15) is 0 Å². The third-order valence-corrected chi connectivity index (χ3v) is 3.15. The molecular weight excluding hydrogens is 176 g/mol. The topological polar surface area (TPSA) is 0 Å². The molecule has 0 atom stereocenters. The van der Waals surface area contributed by atoms with Gasteiger partial charge in [0.15, 0.2) is 0 Å². The van der Waals surface area contributed by atoms with Crippen molar-refractivity contribution in [2.45, 2.75) is 6.92 Å². The highest BCUT2D eigenvalue weighted by molar-refractivity contribution is 7.17. The molecule has 0 aliphatic heterocycles. The van der Waals surface area contributed by atoms with E-state index in [0.717, 1.165) is 10.6 Å². The highest BCUT2D eigenvalue weighted by Gasteiger charge is 2.01. The predicted octanol–water partition coefficient (Wildman–Crippen LogP) is 3.86. The van der Waals surface area contributed by atoms with Crippen molar-refractivity contribution < 1.29 is 0 Å². The summed E-state index contributed by atoms with van der Waals surface area (Å²) in [4.78, 5) is 0. The Hall–Kier alpha value is -0.530. The average molecular weight is 183 g/mol. The molecule has 11 heavy (non-hydrogen) atoms. The van der Waals surface area contributed by atoms with Gasteiger partial charge in [-0.15, -0.1) is 11.3 Å². The van der Waals surface area contributed by atoms with E-state index in [1.807, 2.05) is 6.92 Å². The van der Waals surface area contributed by atoms with Crippen LogP contribution in [0.15, 0.2) is 23.6 Å². The normalized spacial score (nSPS) is 10.7. The first-order chi connectivity index (χ1) is 5.29. The quantitative estimate of drug-likeness (QED) is 0.581. The second kappa shape index (κ2) is 2.50. The van der Waals surface area contributed by atoms with Crippen molar-refractivity contribution in [2.75, 3.05) is 0 Å². The van der Waals surface area contributed by atoms with Crippen molar-refractivity contribution >= 4 is 33.0 Å². The summed E-state index contributed by atoms with van der Waals surface area (Å²) in [6, 6.07) is 6.23. The third kappa shape index (κ3) is 1.05. The maximum atomic E-state index is 6.07. The van der Waals surface area contributed by atoms with Crippen LogP contribution in [0.2, 0.25) is 5.02 Å². The van der Waals surface area contributed by atoms with Crippen LogP contribution in [0, 0.1) is 6.92 Å². The van der Waals surface area contributed by atoms with Gasteiger partial charge in [0.25, 0.3) is 0 Å². The van der Waals surface area contributed by atoms with Crippen LogP contribution in [-0.2, 0) is 0 Å². The van der Waals surface area contributed by atoms with Crippen molar-refractivity contribution in [3.05, 3.63) is 34.2 Å². The molecule has 0 fully saturated rings. The second-order valence-corrected chi connectivity index (χ2v) is 3.85. The van der Waals surface area contributed by atoms with Crippen molar-refractivity contribution in [3.63, 3.8) is 0 Å². The molecule has 0 aliphatic carbocycles. The largest absolute Gasteiger partial charge is 0.144 e. The summed E-state index contributed by atoms with van der Waals surface area (Å²) in [5.74, 6) is 0. The lowest BCUT2D eigenvalue weighted by atomic mass is 10.2. The Kier molecular flexibility index (Phi) is 1.63. The molecule has 0 radical (unpaired) electrons. The van der Waals surface area contributed by atoms with E-state index >= 15 is 0 Å². The van der Waals surface area contributed by atoms with Crippen molar-refractivity contribution in [1.29, 1.82) is 0 Å². The second-order valence-electron chi connectivity index (χ2n) is 2.53. The fourth-order valence-electron chi connectivity index (χ4n) is 1.12. The minimum absolute atomic E-state index is 0.892. The Morgan fingerprint density at radius 3 is 2.91 bits per heavy atom. The lowest BCUT2D eigenvalue weighted by molar-refractivity contribution is 1.51. The summed E-state index contributed by atoms with van der Waals surface area (Å²) in [7, 11) is 0. The third-order valence-electron chi connectivity index (χ3n) is 1.76. The van der Waals surface area contributed by atoms with E-state index in [2.05, 4.69) is 23.6 Å². The molecule has 2 heteroatoms. The zero-order valence-electron chi connectivity index (χ0n) is 6.10. The maximum Gasteiger partial charge on any atom is 0.0522 e. The van der Waals surface area contributed by atoms with Crippen LogP contribution in [0.25, 0.3) is 10.1 Å². The van der Waals surface area contributed by atoms with Gasteiger partial charge in [-0.05, 0) is 30.0 Å². The van der Waals surface area contributed by atoms with E-state index in [-0.39, 0.29) is 0 Å². The Bertz CT molecular complexity index is 389. The Labute approximate surface area is 74.4 Å². The molecule has 2 aromatic rings. The van der Waals surface area contributed by atoms with Gasteiger partial charge in [-0.1, -0.05) is 17.7 Å². The fourth-order valence-corrected chi connectivity index (χ4v) is 2.20. The zero-order valence-corrected chi connectivity index (χ0v) is 7.67. The number of aryl methyl sites for hydroxylation is 1. The molecule has 0 bridgehead atoms. The summed E-state index contributed by atoms with van der Waals surface area (Å²) in [6.45, 7) is 2.03. The van der Waals surface area contributed by atoms with Crippen LogP contribution < -0.4 is 0 Å². The van der Waals surface area contributed by atoms with Gasteiger partial charge in [0.1, 0.15) is 0 Å². The molecule has 1 aromatic heterocycles. The summed E-state index contributed by atoms with van der Waals surface area (Å²) in [6.07, 6.45) is 0. The van der Waals surface area contributed by atoms with Gasteiger partial charge in [0, 0.05) is 10.1 Å². The molecule has 0 saturated carbocycles. The number of thiophene rings is 1. The molecule has 0 aliphatic rings. The molecule has 0 saturated heterocycles. The molecule has 0 N–H and O–H groups in total. The smallest absolute Gasteiger partial charge is 0.0522 e. The van der Waals surface area contributed by atoms with Crippen LogP contribution in [0.3, 0.4) is 0 Å². The van der Waals surface area contributed by atoms with Gasteiger partial charge in [0.05, 0.1) is 5.02 Å². The molecule has 1 aromatic carbocycles. The first-order valence-electron chi connectivity index (χ1n) is 3.41. The van der Waals surface area contributed by atoms with Crippen molar-refractivity contribution in [3.8, 4) is 0 Å². The molecular formula is C9H7ClS. The van der Waals surface area contributed by atoms with Gasteiger partial charge in [-0.3, -0.25) is 0 Å². The Balaban J connectivity index is 2.93. The molecule has 0 amide bonds. The van der Waals surface area contributed by atoms with Crippen LogP contribution in [0.1, 0.15) is 5.56 Å². The van der Waals surface area contributed by atoms with Crippen LogP contribution in [0.5, 0.6) is 0 Å². The molecule has 0 unspecified atom stereocenters. The molecule has 2 rings (SSSR count). The number of benzene rings is 1. The minimum Gasteiger partial charge on any atom is -0.144 e. The van der Waals surface area contributed by atoms with E-state index in [1.54, 1.807) is 11.3 Å². The van der Waals surface area contributed by atoms with E-state index in [0.29, 0.717) is 0 Å². The van der Waals surface area contributed by atoms with Crippen molar-refractivity contribution in [2.24, 2.45) is 0 Å². The van der Waals surface area contributed by atoms with Crippen molar-refractivity contribution in [1.82, 2.24) is 0 Å². The van der Waals surface area contributed by atoms with E-state index in [4.69, 9.17) is 11.6 Å². The Morgan fingerprint density at radius 1 is 1.27 bits per heavy atom. The summed E-state index contributed by atoms with van der Waals surface area (Å²) in [5.41, 5.74) is 1.15. The zero-order chi connectivity index (χ0) is 7.84. The van der Waals surface area contributed by atoms with E-state index in [1.165, 1.54) is 10.1 Å². The van der Waals surface area contributed by atoms with Gasteiger partial charge >= 0.3 is 0 Å². The molecule has 0 spiro atoms. The fraction of sp³-hybridized carbons (Fsp3) is 0.111. The first kappa shape index (κ1) is 7.14. The average Bonchev–Trinajstić information content (AvgIpc) is 2.45. The van der Waals surface area contributed by atoms with Gasteiger partial charge in [0.2, 0.25) is 0 Å². The molecule has 1 heterocycles. The maximum absolute atomic E-state index is 6.07. The van der Waals surface area contributed by atoms with E-state index in [9.17, 15) is 0 Å². The number of fused-ring (bicyclic) bond motifs is 1. The molecule has 56 valence electrons. The van der Waals surface area contributed by atoms with Gasteiger partial charge in [-0.25, -0.2) is 0 Å². The van der Waals surface area contributed by atoms with Crippen LogP contribution in [0.4, 0.5) is 0 Å². The van der Waals surface area contributed by atoms with Crippen LogP contribution >= 0.6 is 22.9 Å². The summed E-state index contributed by atoms with van der Waals surface area (Å²) < 4.78 is 1.26. The SMILES string of the molecule is Cc1ccc2sccc2c1Cl.